The zero-order valence-corrected chi connectivity index (χ0v) is 24.7. The van der Waals surface area contributed by atoms with Crippen LogP contribution < -0.4 is 5.32 Å². The summed E-state index contributed by atoms with van der Waals surface area (Å²) >= 11 is 0. The molecule has 0 bridgehead atoms. The van der Waals surface area contributed by atoms with Crippen LogP contribution in [0.5, 0.6) is 0 Å². The molecule has 4 N–H and O–H groups in total. The van der Waals surface area contributed by atoms with Crippen molar-refractivity contribution in [3.05, 3.63) is 47.7 Å². The Labute approximate surface area is 245 Å². The maximum absolute atomic E-state index is 12.0. The van der Waals surface area contributed by atoms with Crippen molar-refractivity contribution in [2.45, 2.75) is 46.8 Å². The number of carbonyl (C=O) groups excluding carboxylic acids is 2. The molecule has 43 heavy (non-hydrogen) atoms. The van der Waals surface area contributed by atoms with Crippen molar-refractivity contribution >= 4 is 80.7 Å². The van der Waals surface area contributed by atoms with Crippen LogP contribution in [0.15, 0.2) is 62.4 Å². The van der Waals surface area contributed by atoms with E-state index in [1.807, 2.05) is 0 Å². The number of nitrogens with one attached hydrogen (secondary N) is 1. The molecule has 1 aliphatic carbocycles. The van der Waals surface area contributed by atoms with E-state index in [1.165, 1.54) is 35.3 Å². The lowest BCUT2D eigenvalue weighted by Crippen LogP contribution is -2.23. The maximum Gasteiger partial charge on any atom is 0.295 e. The van der Waals surface area contributed by atoms with Crippen molar-refractivity contribution in [3.8, 4) is 0 Å². The highest BCUT2D eigenvalue weighted by atomic mass is 32.2. The Balaban J connectivity index is 0.000000255. The molecule has 4 aromatic carbocycles. The maximum atomic E-state index is 12.0. The van der Waals surface area contributed by atoms with Crippen molar-refractivity contribution in [2.24, 2.45) is 0 Å². The van der Waals surface area contributed by atoms with Crippen LogP contribution in [-0.4, -0.2) is 63.4 Å². The Hall–Kier alpha value is -3.71. The molecule has 0 radical (unpaired) electrons. The number of carbonyl (C=O) groups is 2. The molecule has 17 heteroatoms. The third-order valence-corrected chi connectivity index (χ3v) is 10.1. The Morgan fingerprint density at radius 2 is 1.21 bits per heavy atom. The first-order valence-electron chi connectivity index (χ1n) is 12.6. The number of hydroxylamine groups is 2. The molecule has 2 amide bonds. The first-order chi connectivity index (χ1) is 20.1. The van der Waals surface area contributed by atoms with Crippen LogP contribution in [0.1, 0.15) is 32.1 Å². The van der Waals surface area contributed by atoms with Crippen molar-refractivity contribution in [1.82, 2.24) is 5.06 Å². The van der Waals surface area contributed by atoms with Crippen molar-refractivity contribution in [2.75, 3.05) is 12.4 Å². The molecule has 4 aromatic rings. The first-order valence-corrected chi connectivity index (χ1v) is 16.9. The van der Waals surface area contributed by atoms with Gasteiger partial charge in [0.25, 0.3) is 36.3 Å². The number of amides is 2. The standard InChI is InChI=1S/C17H11NO10S3.C9H13NO2/c19-7-18-12-5-13(29(20,21)22)9-3-4-11-15(31(26,27)28)6-14(30(23,24)25)10-2-1-8(12)16(9)17(10)11;1-12-10-8(5-6-9(10)11)7-3-2-4-7/h1-7H,(H,18,19)(H,20,21,22)(H,23,24,25)(H,26,27,28);2-6H2,1H3. The fourth-order valence-electron chi connectivity index (χ4n) is 5.47. The van der Waals surface area contributed by atoms with Gasteiger partial charge in [0.2, 0.25) is 6.41 Å². The molecule has 6 rings (SSSR count). The van der Waals surface area contributed by atoms with E-state index in [2.05, 4.69) is 5.32 Å². The molecule has 1 saturated heterocycles. The quantitative estimate of drug-likeness (QED) is 0.133. The molecule has 0 aromatic heterocycles. The lowest BCUT2D eigenvalue weighted by Gasteiger charge is -2.24. The average molecular weight is 653 g/mol. The van der Waals surface area contributed by atoms with Gasteiger partial charge in [-0.3, -0.25) is 28.1 Å². The summed E-state index contributed by atoms with van der Waals surface area (Å²) in [5.74, 6) is 0.104. The summed E-state index contributed by atoms with van der Waals surface area (Å²) in [6.07, 6.45) is 5.32. The second kappa shape index (κ2) is 10.8. The first kappa shape index (κ1) is 30.7. The SMILES string of the molecule is CON1C(=O)CCC1=C1CCC1.O=CNc1cc(S(=O)(=O)O)c2ccc3c(S(=O)(=O)O)cc(S(=O)(=O)O)c4ccc1c2c43. The minimum atomic E-state index is -4.98. The molecule has 1 heterocycles. The normalized spacial score (nSPS) is 16.1. The predicted octanol–water partition coefficient (Wildman–Crippen LogP) is 3.50. The number of nitrogens with zero attached hydrogens (tertiary/aromatic N) is 1. The topological polar surface area (TPSA) is 222 Å². The molecule has 2 aliphatic rings. The molecule has 0 atom stereocenters. The lowest BCUT2D eigenvalue weighted by molar-refractivity contribution is -0.160. The molecular weight excluding hydrogens is 628 g/mol. The van der Waals surface area contributed by atoms with E-state index >= 15 is 0 Å². The van der Waals surface area contributed by atoms with Gasteiger partial charge in [-0.05, 0) is 43.4 Å². The van der Waals surface area contributed by atoms with Gasteiger partial charge in [-0.1, -0.05) is 24.3 Å². The summed E-state index contributed by atoms with van der Waals surface area (Å²) in [5, 5.41) is 3.31. The monoisotopic (exact) mass is 652 g/mol. The molecular formula is C26H24N2O12S3. The summed E-state index contributed by atoms with van der Waals surface area (Å²) in [6, 6.07) is 6.41. The molecule has 2 fully saturated rings. The molecule has 1 aliphatic heterocycles. The smallest absolute Gasteiger partial charge is 0.295 e. The number of benzene rings is 4. The average Bonchev–Trinajstić information content (AvgIpc) is 3.24. The van der Waals surface area contributed by atoms with Gasteiger partial charge >= 0.3 is 0 Å². The Bertz CT molecular complexity index is 2130. The number of anilines is 1. The van der Waals surface area contributed by atoms with Crippen molar-refractivity contribution < 1.29 is 53.3 Å². The van der Waals surface area contributed by atoms with Crippen LogP contribution in [0, 0.1) is 0 Å². The van der Waals surface area contributed by atoms with Gasteiger partial charge in [-0.2, -0.15) is 30.3 Å². The second-order valence-corrected chi connectivity index (χ2v) is 14.0. The number of allylic oxidation sites excluding steroid dienone is 2. The number of hydrogen-bond acceptors (Lipinski definition) is 9. The fraction of sp³-hybridized carbons (Fsp3) is 0.231. The number of rotatable bonds is 6. The van der Waals surface area contributed by atoms with Crippen LogP contribution in [0.3, 0.4) is 0 Å². The molecule has 228 valence electrons. The van der Waals surface area contributed by atoms with Crippen LogP contribution in [-0.2, 0) is 44.8 Å². The second-order valence-electron chi connectivity index (χ2n) is 9.83. The van der Waals surface area contributed by atoms with E-state index in [0.717, 1.165) is 37.1 Å². The van der Waals surface area contributed by atoms with Gasteiger partial charge in [0.15, 0.2) is 0 Å². The Morgan fingerprint density at radius 1 is 0.744 bits per heavy atom. The van der Waals surface area contributed by atoms with Gasteiger partial charge in [-0.25, -0.2) is 0 Å². The largest absolute Gasteiger partial charge is 0.328 e. The minimum Gasteiger partial charge on any atom is -0.328 e. The highest BCUT2D eigenvalue weighted by Gasteiger charge is 2.30. The summed E-state index contributed by atoms with van der Waals surface area (Å²) in [5.41, 5.74) is 2.48. The lowest BCUT2D eigenvalue weighted by atomic mass is 9.90. The summed E-state index contributed by atoms with van der Waals surface area (Å²) in [7, 11) is -13.2. The van der Waals surface area contributed by atoms with Gasteiger partial charge in [-0.15, -0.1) is 0 Å². The summed E-state index contributed by atoms with van der Waals surface area (Å²) in [6.45, 7) is 0. The Kier molecular flexibility index (Phi) is 7.70. The van der Waals surface area contributed by atoms with E-state index in [9.17, 15) is 48.5 Å². The van der Waals surface area contributed by atoms with E-state index in [-0.39, 0.29) is 50.3 Å². The molecule has 0 unspecified atom stereocenters. The van der Waals surface area contributed by atoms with Gasteiger partial charge in [0.1, 0.15) is 14.7 Å². The third-order valence-electron chi connectivity index (χ3n) is 7.43. The van der Waals surface area contributed by atoms with E-state index in [0.29, 0.717) is 12.5 Å². The third kappa shape index (κ3) is 5.44. The highest BCUT2D eigenvalue weighted by molar-refractivity contribution is 7.87. The summed E-state index contributed by atoms with van der Waals surface area (Å²) < 4.78 is 101. The van der Waals surface area contributed by atoms with Crippen molar-refractivity contribution in [1.29, 1.82) is 0 Å². The molecule has 0 spiro atoms. The van der Waals surface area contributed by atoms with E-state index in [1.54, 1.807) is 7.11 Å². The highest BCUT2D eigenvalue weighted by Crippen LogP contribution is 2.44. The van der Waals surface area contributed by atoms with E-state index < -0.39 is 45.0 Å². The predicted molar refractivity (Wildman–Crippen MR) is 153 cm³/mol. The van der Waals surface area contributed by atoms with Crippen LogP contribution in [0.25, 0.3) is 32.3 Å². The fourth-order valence-corrected chi connectivity index (χ4v) is 7.69. The zero-order chi connectivity index (χ0) is 31.5. The van der Waals surface area contributed by atoms with E-state index in [4.69, 9.17) is 4.84 Å². The minimum absolute atomic E-state index is 0.0233. The number of hydrogen-bond donors (Lipinski definition) is 4. The molecule has 1 saturated carbocycles. The van der Waals surface area contributed by atoms with Gasteiger partial charge in [0, 0.05) is 50.1 Å². The van der Waals surface area contributed by atoms with Crippen LogP contribution >= 0.6 is 0 Å². The Morgan fingerprint density at radius 3 is 1.63 bits per heavy atom. The van der Waals surface area contributed by atoms with Crippen LogP contribution in [0.4, 0.5) is 5.69 Å². The van der Waals surface area contributed by atoms with Crippen molar-refractivity contribution in [3.63, 3.8) is 0 Å². The molecule has 14 nitrogen and oxygen atoms in total. The van der Waals surface area contributed by atoms with Crippen LogP contribution in [0.2, 0.25) is 0 Å². The summed E-state index contributed by atoms with van der Waals surface area (Å²) in [4.78, 5) is 24.9. The van der Waals surface area contributed by atoms with Gasteiger partial charge in [0.05, 0.1) is 7.11 Å². The zero-order valence-electron chi connectivity index (χ0n) is 22.3. The van der Waals surface area contributed by atoms with Gasteiger partial charge < -0.3 is 5.32 Å².